The minimum absolute atomic E-state index is 0.0231. The van der Waals surface area contributed by atoms with Crippen LogP contribution in [0.1, 0.15) is 19.1 Å². The lowest BCUT2D eigenvalue weighted by molar-refractivity contribution is -0.139. The number of anilines is 1. The number of aliphatic hydroxyl groups excluding tert-OH is 3. The second-order valence-corrected chi connectivity index (χ2v) is 5.51. The molecule has 9 N–H and O–H groups in total. The fourth-order valence-corrected chi connectivity index (χ4v) is 2.04. The molecule has 0 aliphatic carbocycles. The van der Waals surface area contributed by atoms with Crippen LogP contribution in [0.25, 0.3) is 0 Å². The fourth-order valence-electron chi connectivity index (χ4n) is 2.04. The number of nitrogens with two attached hydrogens (primary N) is 2. The molecule has 0 aromatic carbocycles. The van der Waals surface area contributed by atoms with E-state index in [-0.39, 0.29) is 18.8 Å². The predicted octanol–water partition coefficient (Wildman–Crippen LogP) is -3.90. The average Bonchev–Trinajstić information content (AvgIpc) is 2.88. The summed E-state index contributed by atoms with van der Waals surface area (Å²) >= 11 is 0. The molecule has 152 valence electrons. The molecule has 14 nitrogen and oxygen atoms in total. The van der Waals surface area contributed by atoms with Crippen molar-refractivity contribution in [3.63, 3.8) is 0 Å². The van der Waals surface area contributed by atoms with Gasteiger partial charge in [-0.25, -0.2) is 9.78 Å². The van der Waals surface area contributed by atoms with E-state index in [1.807, 2.05) is 0 Å². The predicted molar refractivity (Wildman–Crippen MR) is 86.2 cm³/mol. The zero-order chi connectivity index (χ0) is 20.7. The zero-order valence-electron chi connectivity index (χ0n) is 14.0. The van der Waals surface area contributed by atoms with Crippen molar-refractivity contribution in [2.24, 2.45) is 5.73 Å². The van der Waals surface area contributed by atoms with Crippen LogP contribution in [0, 0.1) is 0 Å². The van der Waals surface area contributed by atoms with E-state index in [0.717, 1.165) is 10.9 Å². The lowest BCUT2D eigenvalue weighted by Crippen LogP contribution is -2.36. The first kappa shape index (κ1) is 22.4. The number of nitrogen functional groups attached to an aromatic ring is 1. The number of nitrogens with zero attached hydrogens (tertiary/aromatic N) is 3. The van der Waals surface area contributed by atoms with Gasteiger partial charge < -0.3 is 41.7 Å². The largest absolute Gasteiger partial charge is 0.481 e. The molecule has 1 aliphatic heterocycles. The van der Waals surface area contributed by atoms with Gasteiger partial charge in [-0.15, -0.1) is 0 Å². The van der Waals surface area contributed by atoms with E-state index < -0.39 is 54.8 Å². The molecule has 0 spiro atoms. The van der Waals surface area contributed by atoms with Crippen LogP contribution in [0.5, 0.6) is 0 Å². The van der Waals surface area contributed by atoms with E-state index in [0.29, 0.717) is 0 Å². The maximum atomic E-state index is 11.5. The lowest BCUT2D eigenvalue weighted by atomic mass is 10.1. The first-order valence-electron chi connectivity index (χ1n) is 7.61. The molecule has 14 heteroatoms. The van der Waals surface area contributed by atoms with Crippen molar-refractivity contribution < 1.29 is 39.9 Å². The summed E-state index contributed by atoms with van der Waals surface area (Å²) in [4.78, 5) is 38.3. The number of ether oxygens (including phenoxy) is 1. The van der Waals surface area contributed by atoms with Gasteiger partial charge in [-0.05, 0) is 6.42 Å². The number of carboxylic acids is 2. The number of aromatic nitrogens is 3. The second kappa shape index (κ2) is 9.89. The van der Waals surface area contributed by atoms with Crippen LogP contribution in [-0.4, -0.2) is 83.0 Å². The molecule has 5 atom stereocenters. The number of carboxylic acid groups (broad SMARTS) is 2. The van der Waals surface area contributed by atoms with Crippen LogP contribution < -0.4 is 17.2 Å². The number of hydrogen-bond donors (Lipinski definition) is 7. The highest BCUT2D eigenvalue weighted by Crippen LogP contribution is 2.27. The quantitative estimate of drug-likeness (QED) is 0.245. The Morgan fingerprint density at radius 2 is 1.93 bits per heavy atom. The summed E-state index contributed by atoms with van der Waals surface area (Å²) in [5.74, 6) is -2.39. The first-order valence-corrected chi connectivity index (χ1v) is 7.61. The van der Waals surface area contributed by atoms with Gasteiger partial charge in [-0.1, -0.05) is 0 Å². The molecule has 0 unspecified atom stereocenters. The Balaban J connectivity index is 0.000000314. The van der Waals surface area contributed by atoms with E-state index in [4.69, 9.17) is 31.5 Å². The molecular weight excluding hydrogens is 370 g/mol. The van der Waals surface area contributed by atoms with Gasteiger partial charge in [0.1, 0.15) is 30.7 Å². The standard InChI is InChI=1S/C8H12N4O5.C5H9NO4/c9-7-10-2-12(8(16)11-7)6-5(15)4(14)3(1-13)17-6;6-3(5(9)10)1-2-4(7)8/h2-6,13-15H,1H2,(H2,9,11,16);3H,1-2,6H2,(H,7,8)(H,9,10)/t3-,4-,5-,6-;3-/m10/s1. The summed E-state index contributed by atoms with van der Waals surface area (Å²) in [6.07, 6.45) is -3.90. The van der Waals surface area contributed by atoms with E-state index in [1.54, 1.807) is 0 Å². The molecule has 0 bridgehead atoms. The first-order chi connectivity index (χ1) is 12.6. The summed E-state index contributed by atoms with van der Waals surface area (Å²) in [5, 5.41) is 44.4. The van der Waals surface area contributed by atoms with Gasteiger partial charge in [-0.2, -0.15) is 4.98 Å². The molecule has 1 aromatic heterocycles. The van der Waals surface area contributed by atoms with Crippen LogP contribution >= 0.6 is 0 Å². The minimum atomic E-state index is -1.35. The van der Waals surface area contributed by atoms with Crippen molar-refractivity contribution in [2.75, 3.05) is 12.3 Å². The van der Waals surface area contributed by atoms with Gasteiger partial charge in [0, 0.05) is 6.42 Å². The molecule has 0 saturated carbocycles. The number of hydrogen-bond acceptors (Lipinski definition) is 11. The van der Waals surface area contributed by atoms with Gasteiger partial charge in [0.25, 0.3) is 0 Å². The minimum Gasteiger partial charge on any atom is -0.481 e. The highest BCUT2D eigenvalue weighted by molar-refractivity contribution is 5.74. The number of carbonyl (C=O) groups is 2. The van der Waals surface area contributed by atoms with Crippen LogP contribution in [0.3, 0.4) is 0 Å². The summed E-state index contributed by atoms with van der Waals surface area (Å²) in [7, 11) is 0. The Kier molecular flexibility index (Phi) is 8.20. The van der Waals surface area contributed by atoms with Crippen molar-refractivity contribution in [2.45, 2.75) is 43.4 Å². The van der Waals surface area contributed by atoms with Crippen LogP contribution in [0.4, 0.5) is 5.95 Å². The fraction of sp³-hybridized carbons (Fsp3) is 0.615. The topological polar surface area (TPSA) is 244 Å². The number of rotatable bonds is 6. The maximum Gasteiger partial charge on any atom is 0.354 e. The second-order valence-electron chi connectivity index (χ2n) is 5.51. The third-order valence-corrected chi connectivity index (χ3v) is 3.52. The highest BCUT2D eigenvalue weighted by atomic mass is 16.6. The van der Waals surface area contributed by atoms with Crippen LogP contribution in [-0.2, 0) is 14.3 Å². The Morgan fingerprint density at radius 1 is 1.30 bits per heavy atom. The van der Waals surface area contributed by atoms with E-state index >= 15 is 0 Å². The Labute approximate surface area is 151 Å². The number of aliphatic hydroxyl groups is 3. The monoisotopic (exact) mass is 391 g/mol. The summed E-state index contributed by atoms with van der Waals surface area (Å²) < 4.78 is 6.04. The molecule has 1 saturated heterocycles. The van der Waals surface area contributed by atoms with Crippen molar-refractivity contribution >= 4 is 17.9 Å². The van der Waals surface area contributed by atoms with E-state index in [2.05, 4.69) is 9.97 Å². The molecule has 1 fully saturated rings. The molecule has 2 heterocycles. The highest BCUT2D eigenvalue weighted by Gasteiger charge is 2.43. The summed E-state index contributed by atoms with van der Waals surface area (Å²) in [5.41, 5.74) is 9.46. The van der Waals surface area contributed by atoms with Crippen LogP contribution in [0.15, 0.2) is 11.1 Å². The van der Waals surface area contributed by atoms with Crippen LogP contribution in [0.2, 0.25) is 0 Å². The molecule has 1 aromatic rings. The summed E-state index contributed by atoms with van der Waals surface area (Å²) in [6.45, 7) is -0.473. The maximum absolute atomic E-state index is 11.5. The molecule has 27 heavy (non-hydrogen) atoms. The molecule has 0 amide bonds. The van der Waals surface area contributed by atoms with Gasteiger partial charge in [0.2, 0.25) is 5.95 Å². The molecule has 2 rings (SSSR count). The third-order valence-electron chi connectivity index (χ3n) is 3.52. The third kappa shape index (κ3) is 6.22. The van der Waals surface area contributed by atoms with Crippen molar-refractivity contribution in [1.82, 2.24) is 14.5 Å². The Morgan fingerprint density at radius 3 is 2.37 bits per heavy atom. The van der Waals surface area contributed by atoms with Gasteiger partial charge in [0.15, 0.2) is 6.23 Å². The lowest BCUT2D eigenvalue weighted by Gasteiger charge is -2.16. The van der Waals surface area contributed by atoms with Gasteiger partial charge >= 0.3 is 17.6 Å². The van der Waals surface area contributed by atoms with Crippen molar-refractivity contribution in [3.8, 4) is 0 Å². The molecule has 1 aliphatic rings. The Bertz CT molecular complexity index is 712. The summed E-state index contributed by atoms with van der Waals surface area (Å²) in [6, 6.07) is -1.06. The normalized spacial score (nSPS) is 25.3. The Hall–Kier alpha value is -2.65. The zero-order valence-corrected chi connectivity index (χ0v) is 14.0. The van der Waals surface area contributed by atoms with E-state index in [1.165, 1.54) is 0 Å². The average molecular weight is 391 g/mol. The van der Waals surface area contributed by atoms with Crippen molar-refractivity contribution in [3.05, 3.63) is 16.8 Å². The molecular formula is C13H21N5O9. The molecule has 0 radical (unpaired) electrons. The van der Waals surface area contributed by atoms with Gasteiger partial charge in [-0.3, -0.25) is 14.2 Å². The van der Waals surface area contributed by atoms with Crippen molar-refractivity contribution in [1.29, 1.82) is 0 Å². The SMILES string of the molecule is N[C@@H](CCC(=O)O)C(=O)O.Nc1ncn([C@@H]2O[C@H](CO)[C@@H](O)[C@H]2O)c(=O)n1. The van der Waals surface area contributed by atoms with Gasteiger partial charge in [0.05, 0.1) is 6.61 Å². The number of aliphatic carboxylic acids is 2. The smallest absolute Gasteiger partial charge is 0.354 e. The van der Waals surface area contributed by atoms with E-state index in [9.17, 15) is 24.6 Å².